The Balaban J connectivity index is 1.03. The number of hydrogen-bond acceptors (Lipinski definition) is 9. The molecule has 3 atom stereocenters. The van der Waals surface area contributed by atoms with Gasteiger partial charge in [-0.15, -0.1) is 0 Å². The summed E-state index contributed by atoms with van der Waals surface area (Å²) in [6.07, 6.45) is 8.32. The molecule has 1 aliphatic carbocycles. The summed E-state index contributed by atoms with van der Waals surface area (Å²) in [7, 11) is 1.88. The van der Waals surface area contributed by atoms with Crippen molar-refractivity contribution in [2.75, 3.05) is 19.8 Å². The number of amidine groups is 1. The van der Waals surface area contributed by atoms with E-state index in [9.17, 15) is 9.90 Å². The van der Waals surface area contributed by atoms with Crippen molar-refractivity contribution in [3.8, 4) is 17.2 Å². The minimum atomic E-state index is -0.860. The van der Waals surface area contributed by atoms with Gasteiger partial charge >= 0.3 is 5.69 Å². The van der Waals surface area contributed by atoms with Gasteiger partial charge in [-0.1, -0.05) is 13.0 Å². The zero-order valence-corrected chi connectivity index (χ0v) is 35.1. The highest BCUT2D eigenvalue weighted by Gasteiger charge is 2.60. The Hall–Kier alpha value is -5.97. The molecule has 1 unspecified atom stereocenters. The van der Waals surface area contributed by atoms with Gasteiger partial charge in [0.1, 0.15) is 28.7 Å². The number of nitrogens with one attached hydrogen (secondary N) is 1. The molecule has 1 saturated heterocycles. The third-order valence-corrected chi connectivity index (χ3v) is 13.9. The third-order valence-electron chi connectivity index (χ3n) is 13.3. The number of rotatable bonds is 7. The highest BCUT2D eigenvalue weighted by molar-refractivity contribution is 7.98. The molecule has 0 spiro atoms. The molecular formula is C45H45FN10O4S. The Morgan fingerprint density at radius 1 is 0.984 bits per heavy atom. The summed E-state index contributed by atoms with van der Waals surface area (Å²) in [5.41, 5.74) is 5.55. The molecule has 14 nitrogen and oxygen atoms in total. The highest BCUT2D eigenvalue weighted by Crippen LogP contribution is 2.55. The molecule has 2 N–H and O–H groups in total. The number of aryl methyl sites for hydroxylation is 3. The number of aliphatic hydroxyl groups excluding tert-OH is 1. The average molecular weight is 841 g/mol. The summed E-state index contributed by atoms with van der Waals surface area (Å²) >= 11 is 1.09. The van der Waals surface area contributed by atoms with Crippen LogP contribution in [0.1, 0.15) is 70.5 Å². The Bertz CT molecular complexity index is 3020. The van der Waals surface area contributed by atoms with E-state index in [1.165, 1.54) is 5.56 Å². The molecule has 312 valence electrons. The van der Waals surface area contributed by atoms with Crippen LogP contribution < -0.4 is 11.0 Å². The van der Waals surface area contributed by atoms with Crippen molar-refractivity contribution < 1.29 is 19.0 Å². The maximum Gasteiger partial charge on any atom is 0.338 e. The topological polar surface area (TPSA) is 142 Å². The van der Waals surface area contributed by atoms with E-state index in [0.717, 1.165) is 77.5 Å². The van der Waals surface area contributed by atoms with E-state index in [1.807, 2.05) is 36.2 Å². The molecule has 4 aromatic heterocycles. The number of aliphatic hydroxyl groups is 1. The number of ether oxygens (including phenoxy) is 1. The lowest BCUT2D eigenvalue weighted by molar-refractivity contribution is 0.0722. The Morgan fingerprint density at radius 2 is 1.74 bits per heavy atom. The highest BCUT2D eigenvalue weighted by atomic mass is 32.2. The zero-order chi connectivity index (χ0) is 41.9. The number of halogens is 1. The molecule has 0 bridgehead atoms. The lowest BCUT2D eigenvalue weighted by Gasteiger charge is -2.29. The van der Waals surface area contributed by atoms with Crippen LogP contribution in [-0.2, 0) is 30.3 Å². The van der Waals surface area contributed by atoms with Crippen LogP contribution in [0.5, 0.6) is 0 Å². The number of aromatic nitrogens is 7. The number of imidazole rings is 1. The Labute approximate surface area is 354 Å². The maximum atomic E-state index is 15.3. The van der Waals surface area contributed by atoms with E-state index in [1.54, 1.807) is 63.1 Å². The van der Waals surface area contributed by atoms with Gasteiger partial charge in [-0.25, -0.2) is 13.9 Å². The van der Waals surface area contributed by atoms with Gasteiger partial charge in [0.2, 0.25) is 0 Å². The molecule has 7 aromatic rings. The van der Waals surface area contributed by atoms with E-state index in [0.29, 0.717) is 58.7 Å². The van der Waals surface area contributed by atoms with Crippen molar-refractivity contribution >= 4 is 45.5 Å². The standard InChI is InChI=1S/C45H45FN10O4S/c1-25-17-33(18-26(2)39(25)46)56-40(54-14-13-53(44(54)59)32-6-8-36-31(20-32)23-47-51(36)4)34-24-52(12-9-35(34)49-56)41(57)38-21-30-19-29(28-10-15-60-16-11-28)5-7-37(30)55(38)45(22-27(45)3)42-48-43(58)61-50-42/h5-8,13-14,17-21,23,27-28,43,58H,9-12,15-16,22,24H2,1-4H3,(H,48,50)/t27-,43?,45-/m0/s1. The van der Waals surface area contributed by atoms with Crippen molar-refractivity contribution in [3.05, 3.63) is 123 Å². The number of amides is 1. The maximum absolute atomic E-state index is 15.3. The summed E-state index contributed by atoms with van der Waals surface area (Å²) in [4.78, 5) is 31.7. The van der Waals surface area contributed by atoms with Gasteiger partial charge in [0.15, 0.2) is 5.56 Å². The monoisotopic (exact) mass is 840 g/mol. The molecule has 3 aliphatic heterocycles. The van der Waals surface area contributed by atoms with E-state index in [-0.39, 0.29) is 29.9 Å². The first-order valence-corrected chi connectivity index (χ1v) is 21.7. The number of nitrogens with zero attached hydrogens (tertiary/aromatic N) is 9. The van der Waals surface area contributed by atoms with Gasteiger partial charge < -0.3 is 24.6 Å². The average Bonchev–Trinajstić information content (AvgIpc) is 3.89. The zero-order valence-electron chi connectivity index (χ0n) is 34.3. The van der Waals surface area contributed by atoms with Gasteiger partial charge in [-0.05, 0) is 110 Å². The van der Waals surface area contributed by atoms with Crippen molar-refractivity contribution in [2.45, 2.75) is 70.0 Å². The fourth-order valence-electron chi connectivity index (χ4n) is 9.94. The van der Waals surface area contributed by atoms with Crippen LogP contribution in [0.2, 0.25) is 0 Å². The second kappa shape index (κ2) is 14.0. The molecule has 7 heterocycles. The summed E-state index contributed by atoms with van der Waals surface area (Å²) < 4.78 is 34.2. The predicted molar refractivity (Wildman–Crippen MR) is 231 cm³/mol. The van der Waals surface area contributed by atoms with Crippen molar-refractivity contribution in [1.29, 1.82) is 0 Å². The van der Waals surface area contributed by atoms with Crippen LogP contribution in [0.15, 0.2) is 82.4 Å². The van der Waals surface area contributed by atoms with E-state index in [2.05, 4.69) is 44.5 Å². The SMILES string of the molecule is Cc1cc(-n2nc3c(c2-n2ccn(-c4ccc5c(cnn5C)c4)c2=O)CN(C(=O)c2cc4cc(C5CCOCC5)ccc4n2[C@@]2(C4=NSC(O)N4)C[C@@H]2C)CC3)cc(C)c1F. The second-order valence-corrected chi connectivity index (χ2v) is 17.8. The number of carbonyl (C=O) groups excluding carboxylic acids is 1. The van der Waals surface area contributed by atoms with Crippen molar-refractivity contribution in [2.24, 2.45) is 17.4 Å². The number of benzene rings is 3. The first-order valence-electron chi connectivity index (χ1n) is 20.8. The van der Waals surface area contributed by atoms with E-state index >= 15 is 9.18 Å². The second-order valence-electron chi connectivity index (χ2n) is 17.0. The molecule has 2 fully saturated rings. The largest absolute Gasteiger partial charge is 0.381 e. The van der Waals surface area contributed by atoms with E-state index < -0.39 is 11.1 Å². The molecule has 61 heavy (non-hydrogen) atoms. The van der Waals surface area contributed by atoms with Crippen LogP contribution in [0.25, 0.3) is 39.0 Å². The van der Waals surface area contributed by atoms with Gasteiger partial charge in [-0.2, -0.15) is 14.6 Å². The van der Waals surface area contributed by atoms with Crippen molar-refractivity contribution in [3.63, 3.8) is 0 Å². The lowest BCUT2D eigenvalue weighted by Crippen LogP contribution is -2.43. The van der Waals surface area contributed by atoms with Gasteiger partial charge in [0.05, 0.1) is 35.3 Å². The minimum absolute atomic E-state index is 0.150. The van der Waals surface area contributed by atoms with Gasteiger partial charge in [-0.3, -0.25) is 18.6 Å². The third kappa shape index (κ3) is 5.93. The van der Waals surface area contributed by atoms with Gasteiger partial charge in [0.25, 0.3) is 5.91 Å². The van der Waals surface area contributed by atoms with Crippen LogP contribution >= 0.6 is 11.9 Å². The summed E-state index contributed by atoms with van der Waals surface area (Å²) in [6.45, 7) is 7.64. The van der Waals surface area contributed by atoms with E-state index in [4.69, 9.17) is 9.84 Å². The summed E-state index contributed by atoms with van der Waals surface area (Å²) in [5.74, 6) is 1.24. The molecule has 16 heteroatoms. The minimum Gasteiger partial charge on any atom is -0.381 e. The summed E-state index contributed by atoms with van der Waals surface area (Å²) in [6, 6.07) is 17.8. The van der Waals surface area contributed by atoms with Crippen LogP contribution in [0, 0.1) is 25.6 Å². The Kier molecular flexibility index (Phi) is 8.74. The molecule has 1 saturated carbocycles. The molecule has 3 aromatic carbocycles. The number of carbonyl (C=O) groups is 1. The normalized spacial score (nSPS) is 21.6. The summed E-state index contributed by atoms with van der Waals surface area (Å²) in [5, 5.41) is 25.0. The van der Waals surface area contributed by atoms with Crippen LogP contribution in [0.4, 0.5) is 4.39 Å². The fourth-order valence-corrected chi connectivity index (χ4v) is 10.5. The smallest absolute Gasteiger partial charge is 0.338 e. The quantitative estimate of drug-likeness (QED) is 0.182. The molecule has 1 amide bonds. The van der Waals surface area contributed by atoms with Crippen LogP contribution in [0.3, 0.4) is 0 Å². The Morgan fingerprint density at radius 3 is 2.48 bits per heavy atom. The molecule has 11 rings (SSSR count). The molecule has 4 aliphatic rings. The number of fused-ring (bicyclic) bond motifs is 3. The predicted octanol–water partition coefficient (Wildman–Crippen LogP) is 6.16. The number of hydrogen-bond donors (Lipinski definition) is 2. The van der Waals surface area contributed by atoms with Gasteiger partial charge in [0, 0.05) is 79.4 Å². The first kappa shape index (κ1) is 38.0. The fraction of sp³-hybridized carbons (Fsp3) is 0.356. The lowest BCUT2D eigenvalue weighted by atomic mass is 9.91. The van der Waals surface area contributed by atoms with Crippen molar-refractivity contribution in [1.82, 2.24) is 43.5 Å². The molecule has 0 radical (unpaired) electrons. The molecular weight excluding hydrogens is 796 g/mol. The van der Waals surface area contributed by atoms with Crippen LogP contribution in [-0.4, -0.2) is 80.3 Å². The first-order chi connectivity index (χ1) is 29.5.